The summed E-state index contributed by atoms with van der Waals surface area (Å²) in [4.78, 5) is 41.3. The first-order valence-electron chi connectivity index (χ1n) is 13.1. The van der Waals surface area contributed by atoms with E-state index in [2.05, 4.69) is 20.4 Å². The molecule has 0 radical (unpaired) electrons. The molecule has 4 saturated carbocycles. The molecule has 8 heteroatoms. The highest BCUT2D eigenvalue weighted by molar-refractivity contribution is 5.91. The molecule has 4 aliphatic rings. The number of carbonyl (C=O) groups is 3. The second-order valence-electron chi connectivity index (χ2n) is 10.7. The number of aromatic amines is 1. The summed E-state index contributed by atoms with van der Waals surface area (Å²) in [5.41, 5.74) is 0.482. The van der Waals surface area contributed by atoms with Gasteiger partial charge in [-0.15, -0.1) is 0 Å². The van der Waals surface area contributed by atoms with Crippen LogP contribution in [-0.2, 0) is 25.5 Å². The largest absolute Gasteiger partial charge is 0.469 e. The van der Waals surface area contributed by atoms with Crippen LogP contribution in [-0.4, -0.2) is 48.3 Å². The van der Waals surface area contributed by atoms with Gasteiger partial charge in [0.25, 0.3) is 0 Å². The van der Waals surface area contributed by atoms with Crippen LogP contribution in [0.1, 0.15) is 52.4 Å². The van der Waals surface area contributed by atoms with Gasteiger partial charge in [-0.3, -0.25) is 9.59 Å². The van der Waals surface area contributed by atoms with Crippen LogP contribution in [0.25, 0.3) is 10.9 Å². The Morgan fingerprint density at radius 2 is 1.89 bits per heavy atom. The fraction of sp³-hybridized carbons (Fsp3) is 0.593. The van der Waals surface area contributed by atoms with Crippen LogP contribution in [0.15, 0.2) is 30.5 Å². The van der Waals surface area contributed by atoms with E-state index in [-0.39, 0.29) is 25.3 Å². The summed E-state index contributed by atoms with van der Waals surface area (Å²) in [6.07, 6.45) is 5.74. The van der Waals surface area contributed by atoms with Crippen LogP contribution in [0.3, 0.4) is 0 Å². The lowest BCUT2D eigenvalue weighted by atomic mass is 9.55. The summed E-state index contributed by atoms with van der Waals surface area (Å²) in [5.74, 6) is -0.232. The monoisotopic (exact) mass is 482 g/mol. The molecule has 4 atom stereocenters. The van der Waals surface area contributed by atoms with Gasteiger partial charge in [-0.05, 0) is 74.3 Å². The number of methoxy groups -OCH3 is 1. The van der Waals surface area contributed by atoms with Crippen molar-refractivity contribution in [3.63, 3.8) is 0 Å². The number of carbonyl (C=O) groups excluding carboxylic acids is 3. The average molecular weight is 483 g/mol. The number of rotatable bonds is 8. The average Bonchev–Trinajstić information content (AvgIpc) is 3.23. The summed E-state index contributed by atoms with van der Waals surface area (Å²) < 4.78 is 19.6. The number of aromatic nitrogens is 1. The van der Waals surface area contributed by atoms with E-state index in [1.54, 1.807) is 6.92 Å². The number of amides is 2. The zero-order valence-electron chi connectivity index (χ0n) is 21.4. The number of H-pyrrole nitrogens is 1. The Labute approximate surface area is 206 Å². The maximum Gasteiger partial charge on any atom is 0.408 e. The quantitative estimate of drug-likeness (QED) is 0.497. The van der Waals surface area contributed by atoms with Gasteiger partial charge in [0.2, 0.25) is 5.91 Å². The first-order valence-corrected chi connectivity index (χ1v) is 12.6. The smallest absolute Gasteiger partial charge is 0.408 e. The van der Waals surface area contributed by atoms with Crippen molar-refractivity contribution in [1.29, 1.82) is 0 Å². The first-order chi connectivity index (χ1) is 17.2. The fourth-order valence-electron chi connectivity index (χ4n) is 6.55. The molecule has 1 aromatic heterocycles. The van der Waals surface area contributed by atoms with E-state index in [4.69, 9.17) is 6.11 Å². The van der Waals surface area contributed by atoms with Gasteiger partial charge in [0.15, 0.2) is 0 Å². The predicted molar refractivity (Wildman–Crippen MR) is 131 cm³/mol. The van der Waals surface area contributed by atoms with Gasteiger partial charge in [0.1, 0.15) is 11.6 Å². The lowest BCUT2D eigenvalue weighted by Gasteiger charge is -2.53. The summed E-state index contributed by atoms with van der Waals surface area (Å²) in [5, 5.41) is 6.56. The second kappa shape index (κ2) is 9.55. The highest BCUT2D eigenvalue weighted by atomic mass is 16.6. The van der Waals surface area contributed by atoms with Crippen LogP contribution in [0.4, 0.5) is 4.79 Å². The van der Waals surface area contributed by atoms with Crippen LogP contribution >= 0.6 is 0 Å². The van der Waals surface area contributed by atoms with Gasteiger partial charge in [-0.25, -0.2) is 4.79 Å². The highest BCUT2D eigenvalue weighted by Gasteiger charge is 2.50. The third-order valence-electron chi connectivity index (χ3n) is 8.05. The summed E-state index contributed by atoms with van der Waals surface area (Å²) in [6.45, 7) is 1.76. The topological polar surface area (TPSA) is 110 Å². The van der Waals surface area contributed by atoms with Crippen molar-refractivity contribution in [3.8, 4) is 0 Å². The van der Waals surface area contributed by atoms with E-state index < -0.39 is 35.5 Å². The minimum Gasteiger partial charge on any atom is -0.469 e. The van der Waals surface area contributed by atoms with Crippen LogP contribution < -0.4 is 10.6 Å². The molecule has 6 rings (SSSR count). The minimum absolute atomic E-state index is 0.0311. The number of fused-ring (bicyclic) bond motifs is 1. The van der Waals surface area contributed by atoms with Crippen LogP contribution in [0, 0.1) is 23.6 Å². The van der Waals surface area contributed by atoms with E-state index in [9.17, 15) is 14.4 Å². The van der Waals surface area contributed by atoms with Gasteiger partial charge in [-0.1, -0.05) is 18.2 Å². The fourth-order valence-corrected chi connectivity index (χ4v) is 6.55. The van der Waals surface area contributed by atoms with E-state index in [1.807, 2.05) is 30.5 Å². The third-order valence-corrected chi connectivity index (χ3v) is 8.05. The third kappa shape index (κ3) is 4.88. The molecule has 8 nitrogen and oxygen atoms in total. The normalized spacial score (nSPS) is 30.9. The van der Waals surface area contributed by atoms with Gasteiger partial charge in [0, 0.05) is 31.4 Å². The minimum atomic E-state index is -1.33. The Morgan fingerprint density at radius 3 is 2.60 bits per heavy atom. The molecule has 3 N–H and O–H groups in total. The molecule has 188 valence electrons. The lowest BCUT2D eigenvalue weighted by molar-refractivity contribution is -0.140. The number of hydrogen-bond acceptors (Lipinski definition) is 5. The van der Waals surface area contributed by atoms with E-state index in [0.29, 0.717) is 11.8 Å². The molecule has 4 aliphatic carbocycles. The summed E-state index contributed by atoms with van der Waals surface area (Å²) >= 11 is 0. The Bertz CT molecular complexity index is 1150. The number of ether oxygens (including phenoxy) is 2. The first kappa shape index (κ1) is 22.4. The molecule has 0 aliphatic heterocycles. The van der Waals surface area contributed by atoms with Gasteiger partial charge >= 0.3 is 12.1 Å². The molecule has 4 fully saturated rings. The van der Waals surface area contributed by atoms with Gasteiger partial charge in [0.05, 0.1) is 13.5 Å². The maximum absolute atomic E-state index is 13.4. The number of esters is 1. The molecule has 1 aromatic carbocycles. The van der Waals surface area contributed by atoms with Crippen molar-refractivity contribution in [2.45, 2.75) is 63.5 Å². The van der Waals surface area contributed by atoms with Gasteiger partial charge in [-0.2, -0.15) is 0 Å². The molecule has 3 unspecified atom stereocenters. The highest BCUT2D eigenvalue weighted by Crippen LogP contribution is 2.54. The Kier molecular flexibility index (Phi) is 6.12. The van der Waals surface area contributed by atoms with Crippen LogP contribution in [0.5, 0.6) is 0 Å². The standard InChI is InChI=1S/C27H35N3O5/c1-27(25(32)28-8-7-23(31)34-2,14-20-15-29-22-6-4-3-5-21(20)22)30-26(33)35-24-18-10-16-9-17(12-18)13-19(24)11-16/h3-6,15-19,24,29H,7-14H2,1-2H3,(H,28,32)(H,30,33)/t16?,17?,18?,19?,24?,27-/m0/s1/i18D. The van der Waals surface area contributed by atoms with Crippen molar-refractivity contribution in [1.82, 2.24) is 15.6 Å². The van der Waals surface area contributed by atoms with Crippen molar-refractivity contribution in [3.05, 3.63) is 36.0 Å². The molecule has 1 heterocycles. The number of benzene rings is 1. The Morgan fingerprint density at radius 1 is 1.14 bits per heavy atom. The SMILES string of the molecule is [2H]C12CC3CC(CC(C3)C1OC(=O)N[C@@](C)(Cc1c[nH]c3ccccc13)C(=O)NCCC(=O)OC)C2. The molecule has 2 aromatic rings. The number of nitrogens with one attached hydrogen (secondary N) is 3. The zero-order chi connectivity index (χ0) is 25.5. The molecular formula is C27H35N3O5. The van der Waals surface area contributed by atoms with Gasteiger partial charge < -0.3 is 25.1 Å². The van der Waals surface area contributed by atoms with E-state index >= 15 is 0 Å². The Balaban J connectivity index is 1.32. The molecule has 2 amide bonds. The number of para-hydroxylation sites is 1. The molecule has 35 heavy (non-hydrogen) atoms. The second-order valence-corrected chi connectivity index (χ2v) is 10.7. The number of hydrogen-bond donors (Lipinski definition) is 3. The summed E-state index contributed by atoms with van der Waals surface area (Å²) in [7, 11) is 1.30. The lowest BCUT2D eigenvalue weighted by Crippen LogP contribution is -2.60. The molecule has 0 spiro atoms. The predicted octanol–water partition coefficient (Wildman–Crippen LogP) is 3.70. The van der Waals surface area contributed by atoms with Crippen molar-refractivity contribution >= 4 is 28.9 Å². The van der Waals surface area contributed by atoms with E-state index in [1.165, 1.54) is 13.5 Å². The zero-order valence-corrected chi connectivity index (χ0v) is 20.4. The van der Waals surface area contributed by atoms with Crippen molar-refractivity contribution in [2.24, 2.45) is 23.6 Å². The Hall–Kier alpha value is -3.03. The van der Waals surface area contributed by atoms with Crippen LogP contribution in [0.2, 0.25) is 0 Å². The molecule has 0 saturated heterocycles. The maximum atomic E-state index is 13.4. The number of alkyl carbamates (subject to hydrolysis) is 1. The van der Waals surface area contributed by atoms with E-state index in [0.717, 1.165) is 42.1 Å². The molecular weight excluding hydrogens is 446 g/mol. The van der Waals surface area contributed by atoms with Crippen molar-refractivity contribution < 1.29 is 25.2 Å². The summed E-state index contributed by atoms with van der Waals surface area (Å²) in [6, 6.07) is 7.77. The van der Waals surface area contributed by atoms with Crippen molar-refractivity contribution in [2.75, 3.05) is 13.7 Å². The molecule has 4 bridgehead atoms.